The van der Waals surface area contributed by atoms with Crippen LogP contribution < -0.4 is 5.73 Å². The van der Waals surface area contributed by atoms with Crippen LogP contribution in [0.25, 0.3) is 0 Å². The lowest BCUT2D eigenvalue weighted by Crippen LogP contribution is -2.46. The molecule has 0 amide bonds. The van der Waals surface area contributed by atoms with Crippen molar-refractivity contribution in [3.63, 3.8) is 0 Å². The number of rotatable bonds is 5. The van der Waals surface area contributed by atoms with Gasteiger partial charge in [0.1, 0.15) is 5.84 Å². The number of nitrogens with two attached hydrogens (primary N) is 1. The van der Waals surface area contributed by atoms with Crippen molar-refractivity contribution >= 4 is 17.4 Å². The van der Waals surface area contributed by atoms with Crippen LogP contribution in [0.15, 0.2) is 18.2 Å². The van der Waals surface area contributed by atoms with Crippen molar-refractivity contribution in [2.75, 3.05) is 32.7 Å². The van der Waals surface area contributed by atoms with Crippen LogP contribution in [0, 0.1) is 11.3 Å². The quantitative estimate of drug-likeness (QED) is 0.647. The van der Waals surface area contributed by atoms with E-state index in [1.165, 1.54) is 32.5 Å². The number of nitrogens with zero attached hydrogens (tertiary/aromatic N) is 2. The van der Waals surface area contributed by atoms with E-state index in [0.717, 1.165) is 31.1 Å². The third-order valence-corrected chi connectivity index (χ3v) is 4.79. The van der Waals surface area contributed by atoms with Gasteiger partial charge in [0.2, 0.25) is 0 Å². The first-order valence-corrected chi connectivity index (χ1v) is 8.07. The predicted molar refractivity (Wildman–Crippen MR) is 86.9 cm³/mol. The zero-order valence-electron chi connectivity index (χ0n) is 12.3. The van der Waals surface area contributed by atoms with E-state index in [2.05, 4.69) is 9.80 Å². The summed E-state index contributed by atoms with van der Waals surface area (Å²) in [6.45, 7) is 6.73. The van der Waals surface area contributed by atoms with Gasteiger partial charge in [0, 0.05) is 49.9 Å². The lowest BCUT2D eigenvalue weighted by molar-refractivity contribution is 0.123. The van der Waals surface area contributed by atoms with E-state index in [9.17, 15) is 0 Å². The summed E-state index contributed by atoms with van der Waals surface area (Å²) in [5.74, 6) is 1.04. The molecule has 3 rings (SSSR count). The smallest absolute Gasteiger partial charge is 0.122 e. The van der Waals surface area contributed by atoms with E-state index in [4.69, 9.17) is 22.7 Å². The van der Waals surface area contributed by atoms with Gasteiger partial charge in [-0.25, -0.2) is 0 Å². The molecule has 0 aromatic heterocycles. The highest BCUT2D eigenvalue weighted by atomic mass is 35.5. The second kappa shape index (κ2) is 6.34. The summed E-state index contributed by atoms with van der Waals surface area (Å²) in [5, 5.41) is 8.15. The van der Waals surface area contributed by atoms with Crippen molar-refractivity contribution in [2.24, 2.45) is 11.7 Å². The van der Waals surface area contributed by atoms with Gasteiger partial charge in [-0.15, -0.1) is 0 Å². The lowest BCUT2D eigenvalue weighted by Gasteiger charge is -2.34. The van der Waals surface area contributed by atoms with Crippen LogP contribution in [0.3, 0.4) is 0 Å². The molecule has 1 aromatic rings. The number of hydrogen-bond acceptors (Lipinski definition) is 3. The highest BCUT2D eigenvalue weighted by Crippen LogP contribution is 2.30. The molecule has 114 valence electrons. The van der Waals surface area contributed by atoms with Gasteiger partial charge in [0.05, 0.1) is 0 Å². The standard InChI is InChI=1S/C16H23ClN4/c17-15-9-13(16(18)19)3-4-14(15)11-21-7-5-20(6-8-21)10-12-1-2-12/h3-4,9,12H,1-2,5-8,10-11H2,(H3,18,19). The Morgan fingerprint density at radius 1 is 1.19 bits per heavy atom. The van der Waals surface area contributed by atoms with Crippen molar-refractivity contribution in [2.45, 2.75) is 19.4 Å². The van der Waals surface area contributed by atoms with Crippen LogP contribution in [0.4, 0.5) is 0 Å². The summed E-state index contributed by atoms with van der Waals surface area (Å²) in [7, 11) is 0. The first-order chi connectivity index (χ1) is 10.1. The first kappa shape index (κ1) is 14.8. The zero-order chi connectivity index (χ0) is 14.8. The van der Waals surface area contributed by atoms with Crippen LogP contribution in [0.1, 0.15) is 24.0 Å². The number of benzene rings is 1. The molecule has 0 spiro atoms. The molecule has 1 saturated carbocycles. The molecule has 1 aromatic carbocycles. The minimum atomic E-state index is 0.0668. The van der Waals surface area contributed by atoms with E-state index in [-0.39, 0.29) is 5.84 Å². The second-order valence-electron chi connectivity index (χ2n) is 6.24. The molecule has 0 radical (unpaired) electrons. The van der Waals surface area contributed by atoms with Crippen LogP contribution in [-0.4, -0.2) is 48.4 Å². The van der Waals surface area contributed by atoms with Gasteiger partial charge in [-0.3, -0.25) is 10.3 Å². The minimum absolute atomic E-state index is 0.0668. The van der Waals surface area contributed by atoms with Gasteiger partial charge < -0.3 is 10.6 Å². The highest BCUT2D eigenvalue weighted by molar-refractivity contribution is 6.31. The summed E-state index contributed by atoms with van der Waals surface area (Å²) in [6, 6.07) is 5.67. The summed E-state index contributed by atoms with van der Waals surface area (Å²) in [6.07, 6.45) is 2.86. The third-order valence-electron chi connectivity index (χ3n) is 4.44. The molecule has 21 heavy (non-hydrogen) atoms. The first-order valence-electron chi connectivity index (χ1n) is 7.69. The molecule has 1 heterocycles. The Labute approximate surface area is 131 Å². The fourth-order valence-corrected chi connectivity index (χ4v) is 3.12. The molecule has 1 saturated heterocycles. The molecule has 1 aliphatic heterocycles. The van der Waals surface area contributed by atoms with Crippen molar-refractivity contribution in [3.05, 3.63) is 34.3 Å². The Bertz CT molecular complexity index is 519. The van der Waals surface area contributed by atoms with Crippen LogP contribution in [-0.2, 0) is 6.54 Å². The van der Waals surface area contributed by atoms with Gasteiger partial charge in [-0.1, -0.05) is 23.7 Å². The number of nitrogen functional groups attached to an aromatic ring is 1. The van der Waals surface area contributed by atoms with Crippen molar-refractivity contribution in [1.82, 2.24) is 9.80 Å². The number of piperazine rings is 1. The van der Waals surface area contributed by atoms with Crippen LogP contribution in [0.5, 0.6) is 0 Å². The average molecular weight is 307 g/mol. The molecule has 2 fully saturated rings. The van der Waals surface area contributed by atoms with Gasteiger partial charge in [-0.05, 0) is 30.4 Å². The molecular formula is C16H23ClN4. The maximum atomic E-state index is 7.44. The van der Waals surface area contributed by atoms with Crippen LogP contribution >= 0.6 is 11.6 Å². The van der Waals surface area contributed by atoms with Crippen molar-refractivity contribution in [1.29, 1.82) is 5.41 Å². The topological polar surface area (TPSA) is 56.4 Å². The molecule has 5 heteroatoms. The average Bonchev–Trinajstić information content (AvgIpc) is 3.27. The fourth-order valence-electron chi connectivity index (χ4n) is 2.88. The predicted octanol–water partition coefficient (Wildman–Crippen LogP) is 2.15. The molecule has 0 atom stereocenters. The largest absolute Gasteiger partial charge is 0.384 e. The lowest BCUT2D eigenvalue weighted by atomic mass is 10.1. The van der Waals surface area contributed by atoms with E-state index < -0.39 is 0 Å². The SMILES string of the molecule is N=C(N)c1ccc(CN2CCN(CC3CC3)CC2)c(Cl)c1. The Balaban J connectivity index is 1.53. The molecular weight excluding hydrogens is 284 g/mol. The number of amidine groups is 1. The van der Waals surface area contributed by atoms with Crippen LogP contribution in [0.2, 0.25) is 5.02 Å². The summed E-state index contributed by atoms with van der Waals surface area (Å²) >= 11 is 6.31. The minimum Gasteiger partial charge on any atom is -0.384 e. The Morgan fingerprint density at radius 2 is 1.86 bits per heavy atom. The van der Waals surface area contributed by atoms with E-state index in [1.807, 2.05) is 12.1 Å². The summed E-state index contributed by atoms with van der Waals surface area (Å²) < 4.78 is 0. The number of nitrogens with one attached hydrogen (secondary N) is 1. The molecule has 0 unspecified atom stereocenters. The Kier molecular flexibility index (Phi) is 4.48. The monoisotopic (exact) mass is 306 g/mol. The van der Waals surface area contributed by atoms with Crippen molar-refractivity contribution in [3.8, 4) is 0 Å². The number of hydrogen-bond donors (Lipinski definition) is 2. The fraction of sp³-hybridized carbons (Fsp3) is 0.562. The third kappa shape index (κ3) is 3.96. The molecule has 1 aliphatic carbocycles. The summed E-state index contributed by atoms with van der Waals surface area (Å²) in [4.78, 5) is 5.05. The van der Waals surface area contributed by atoms with Gasteiger partial charge in [-0.2, -0.15) is 0 Å². The Morgan fingerprint density at radius 3 is 2.43 bits per heavy atom. The highest BCUT2D eigenvalue weighted by Gasteiger charge is 2.26. The second-order valence-corrected chi connectivity index (χ2v) is 6.65. The van der Waals surface area contributed by atoms with E-state index in [1.54, 1.807) is 6.07 Å². The maximum absolute atomic E-state index is 7.44. The van der Waals surface area contributed by atoms with Gasteiger partial charge in [0.25, 0.3) is 0 Å². The van der Waals surface area contributed by atoms with Gasteiger partial charge in [0.15, 0.2) is 0 Å². The van der Waals surface area contributed by atoms with E-state index >= 15 is 0 Å². The maximum Gasteiger partial charge on any atom is 0.122 e. The summed E-state index contributed by atoms with van der Waals surface area (Å²) in [5.41, 5.74) is 7.30. The zero-order valence-corrected chi connectivity index (χ0v) is 13.1. The molecule has 2 aliphatic rings. The van der Waals surface area contributed by atoms with E-state index in [0.29, 0.717) is 10.6 Å². The molecule has 4 nitrogen and oxygen atoms in total. The van der Waals surface area contributed by atoms with Gasteiger partial charge >= 0.3 is 0 Å². The molecule has 0 bridgehead atoms. The number of halogens is 1. The van der Waals surface area contributed by atoms with Crippen molar-refractivity contribution < 1.29 is 0 Å². The molecule has 3 N–H and O–H groups in total. The Hall–Kier alpha value is -1.10. The normalized spacial score (nSPS) is 20.6.